The number of pyridine rings is 1. The van der Waals surface area contributed by atoms with E-state index in [1.54, 1.807) is 16.3 Å². The van der Waals surface area contributed by atoms with Crippen LogP contribution in [-0.2, 0) is 6.42 Å². The summed E-state index contributed by atoms with van der Waals surface area (Å²) in [6, 6.07) is 9.66. The third-order valence-corrected chi connectivity index (χ3v) is 9.45. The molecule has 0 unspecified atom stereocenters. The molecule has 0 aliphatic heterocycles. The Morgan fingerprint density at radius 1 is 0.897 bits per heavy atom. The van der Waals surface area contributed by atoms with Gasteiger partial charge in [-0.25, -0.2) is 0 Å². The van der Waals surface area contributed by atoms with Gasteiger partial charge in [0, 0.05) is 11.8 Å². The van der Waals surface area contributed by atoms with Crippen LogP contribution in [0.25, 0.3) is 11.3 Å². The third kappa shape index (κ3) is 4.85. The molecular weight excluding hydrogens is 366 g/mol. The van der Waals surface area contributed by atoms with Gasteiger partial charge in [-0.05, 0) is 66.0 Å². The first kappa shape index (κ1) is 20.8. The number of hydrogen-bond donors (Lipinski definition) is 0. The van der Waals surface area contributed by atoms with Crippen molar-refractivity contribution in [3.05, 3.63) is 47.2 Å². The van der Waals surface area contributed by atoms with Gasteiger partial charge in [-0.1, -0.05) is 82.8 Å². The average molecular weight is 406 g/mol. The van der Waals surface area contributed by atoms with Crippen LogP contribution >= 0.6 is 0 Å². The standard InChI is InChI=1S/C27H39NSi/c1-20-16-23(22-12-6-5-7-13-22)14-15-25(20)26-18-24(17-21-10-8-9-11-21)27(19-28-26)29(2,3)4/h14-16,18-19,21-22H,5-13,17H2,1-4H3. The van der Waals surface area contributed by atoms with Gasteiger partial charge in [-0.2, -0.15) is 0 Å². The Hall–Kier alpha value is -1.41. The first-order chi connectivity index (χ1) is 13.9. The van der Waals surface area contributed by atoms with Gasteiger partial charge in [-0.15, -0.1) is 0 Å². The van der Waals surface area contributed by atoms with Crippen LogP contribution in [0, 0.1) is 12.8 Å². The van der Waals surface area contributed by atoms with Gasteiger partial charge in [0.05, 0.1) is 13.8 Å². The molecule has 1 nitrogen and oxygen atoms in total. The first-order valence-electron chi connectivity index (χ1n) is 12.0. The molecule has 0 amide bonds. The molecule has 2 heteroatoms. The van der Waals surface area contributed by atoms with E-state index in [9.17, 15) is 0 Å². The van der Waals surface area contributed by atoms with Crippen LogP contribution < -0.4 is 5.19 Å². The molecular formula is C27H39NSi. The molecule has 0 N–H and O–H groups in total. The summed E-state index contributed by atoms with van der Waals surface area (Å²) >= 11 is 0. The van der Waals surface area contributed by atoms with Crippen LogP contribution in [0.2, 0.25) is 19.6 Å². The van der Waals surface area contributed by atoms with Gasteiger partial charge < -0.3 is 0 Å². The van der Waals surface area contributed by atoms with Crippen molar-refractivity contribution in [2.45, 2.75) is 96.7 Å². The zero-order valence-corrected chi connectivity index (χ0v) is 20.1. The molecule has 1 aromatic carbocycles. The average Bonchev–Trinajstić information content (AvgIpc) is 3.21. The molecule has 2 aliphatic rings. The molecule has 1 heterocycles. The second kappa shape index (κ2) is 8.76. The molecule has 1 aromatic heterocycles. The van der Waals surface area contributed by atoms with E-state index in [-0.39, 0.29) is 0 Å². The molecule has 0 spiro atoms. The molecule has 2 saturated carbocycles. The minimum Gasteiger partial charge on any atom is -0.256 e. The van der Waals surface area contributed by atoms with E-state index in [1.807, 2.05) is 0 Å². The Kier molecular flexibility index (Phi) is 6.29. The van der Waals surface area contributed by atoms with Crippen molar-refractivity contribution in [2.75, 3.05) is 0 Å². The highest BCUT2D eigenvalue weighted by atomic mass is 28.3. The number of aryl methyl sites for hydroxylation is 1. The van der Waals surface area contributed by atoms with Crippen LogP contribution in [0.3, 0.4) is 0 Å². The van der Waals surface area contributed by atoms with E-state index >= 15 is 0 Å². The lowest BCUT2D eigenvalue weighted by atomic mass is 9.83. The smallest absolute Gasteiger partial charge is 0.0799 e. The Balaban J connectivity index is 1.65. The van der Waals surface area contributed by atoms with Crippen LogP contribution in [0.4, 0.5) is 0 Å². The van der Waals surface area contributed by atoms with E-state index in [2.05, 4.69) is 57.0 Å². The monoisotopic (exact) mass is 405 g/mol. The number of nitrogens with zero attached hydrogens (tertiary/aromatic N) is 1. The van der Waals surface area contributed by atoms with Gasteiger partial charge in [0.15, 0.2) is 0 Å². The molecule has 4 rings (SSSR count). The second-order valence-corrected chi connectivity index (χ2v) is 15.8. The molecule has 2 fully saturated rings. The molecule has 2 aromatic rings. The number of hydrogen-bond acceptors (Lipinski definition) is 1. The predicted octanol–water partition coefficient (Wildman–Crippen LogP) is 7.38. The maximum atomic E-state index is 4.99. The van der Waals surface area contributed by atoms with Gasteiger partial charge in [0.2, 0.25) is 0 Å². The van der Waals surface area contributed by atoms with Crippen LogP contribution in [-0.4, -0.2) is 13.1 Å². The van der Waals surface area contributed by atoms with Crippen LogP contribution in [0.5, 0.6) is 0 Å². The Labute approximate surface area is 179 Å². The maximum Gasteiger partial charge on any atom is 0.0799 e. The highest BCUT2D eigenvalue weighted by molar-refractivity contribution is 6.89. The lowest BCUT2D eigenvalue weighted by molar-refractivity contribution is 0.443. The van der Waals surface area contributed by atoms with E-state index in [0.29, 0.717) is 0 Å². The topological polar surface area (TPSA) is 12.9 Å². The molecule has 0 bridgehead atoms. The number of benzene rings is 1. The van der Waals surface area contributed by atoms with Gasteiger partial charge in [0.25, 0.3) is 0 Å². The Morgan fingerprint density at radius 3 is 2.24 bits per heavy atom. The van der Waals surface area contributed by atoms with Gasteiger partial charge in [0.1, 0.15) is 0 Å². The van der Waals surface area contributed by atoms with Crippen molar-refractivity contribution in [3.63, 3.8) is 0 Å². The molecule has 2 aliphatic carbocycles. The quantitative estimate of drug-likeness (QED) is 0.473. The fourth-order valence-electron chi connectivity index (χ4n) is 5.68. The summed E-state index contributed by atoms with van der Waals surface area (Å²) in [5.74, 6) is 1.66. The molecule has 0 saturated heterocycles. The van der Waals surface area contributed by atoms with E-state index < -0.39 is 8.07 Å². The maximum absolute atomic E-state index is 4.99. The summed E-state index contributed by atoms with van der Waals surface area (Å²) in [5, 5.41) is 1.57. The van der Waals surface area contributed by atoms with Crippen LogP contribution in [0.15, 0.2) is 30.5 Å². The third-order valence-electron chi connectivity index (χ3n) is 7.38. The summed E-state index contributed by atoms with van der Waals surface area (Å²) in [6.45, 7) is 9.68. The van der Waals surface area contributed by atoms with Gasteiger partial charge >= 0.3 is 0 Å². The summed E-state index contributed by atoms with van der Waals surface area (Å²) in [6.07, 6.45) is 16.1. The number of aromatic nitrogens is 1. The summed E-state index contributed by atoms with van der Waals surface area (Å²) < 4.78 is 0. The van der Waals surface area contributed by atoms with Crippen molar-refractivity contribution in [1.82, 2.24) is 4.98 Å². The van der Waals surface area contributed by atoms with E-state index in [1.165, 1.54) is 81.0 Å². The summed E-state index contributed by atoms with van der Waals surface area (Å²) in [5.41, 5.74) is 7.06. The predicted molar refractivity (Wildman–Crippen MR) is 129 cm³/mol. The van der Waals surface area contributed by atoms with Crippen molar-refractivity contribution >= 4 is 13.3 Å². The van der Waals surface area contributed by atoms with Crippen molar-refractivity contribution in [2.24, 2.45) is 5.92 Å². The van der Waals surface area contributed by atoms with Crippen molar-refractivity contribution in [1.29, 1.82) is 0 Å². The van der Waals surface area contributed by atoms with E-state index in [4.69, 9.17) is 4.98 Å². The minimum absolute atomic E-state index is 0.775. The fraction of sp³-hybridized carbons (Fsp3) is 0.593. The Morgan fingerprint density at radius 2 is 1.59 bits per heavy atom. The Bertz CT molecular complexity index is 836. The lowest BCUT2D eigenvalue weighted by Crippen LogP contribution is -2.41. The second-order valence-electron chi connectivity index (χ2n) is 10.7. The largest absolute Gasteiger partial charge is 0.256 e. The SMILES string of the molecule is Cc1cc(C2CCCCC2)ccc1-c1cc(CC2CCCC2)c([Si](C)(C)C)cn1. The summed E-state index contributed by atoms with van der Waals surface area (Å²) in [4.78, 5) is 4.99. The fourth-order valence-corrected chi connectivity index (χ4v) is 7.27. The van der Waals surface area contributed by atoms with Crippen molar-refractivity contribution < 1.29 is 0 Å². The van der Waals surface area contributed by atoms with Crippen LogP contribution in [0.1, 0.15) is 80.4 Å². The highest BCUT2D eigenvalue weighted by Gasteiger charge is 2.25. The molecule has 0 radical (unpaired) electrons. The zero-order valence-electron chi connectivity index (χ0n) is 19.1. The van der Waals surface area contributed by atoms with E-state index in [0.717, 1.165) is 11.8 Å². The highest BCUT2D eigenvalue weighted by Crippen LogP contribution is 2.35. The van der Waals surface area contributed by atoms with Crippen molar-refractivity contribution in [3.8, 4) is 11.3 Å². The lowest BCUT2D eigenvalue weighted by Gasteiger charge is -2.24. The zero-order chi connectivity index (χ0) is 20.4. The minimum atomic E-state index is -1.38. The molecule has 29 heavy (non-hydrogen) atoms. The molecule has 0 atom stereocenters. The first-order valence-corrected chi connectivity index (χ1v) is 15.5. The molecule has 156 valence electrons. The number of rotatable bonds is 5. The summed E-state index contributed by atoms with van der Waals surface area (Å²) in [7, 11) is -1.38. The normalized spacial score (nSPS) is 19.0. The van der Waals surface area contributed by atoms with Gasteiger partial charge in [-0.3, -0.25) is 4.98 Å².